The molecule has 2 aliphatic rings. The van der Waals surface area contributed by atoms with E-state index in [2.05, 4.69) is 51.8 Å². The fourth-order valence-electron chi connectivity index (χ4n) is 4.59. The van der Waals surface area contributed by atoms with Crippen molar-refractivity contribution in [2.45, 2.75) is 13.8 Å². The molecular weight excluding hydrogens is 398 g/mol. The number of hydrogen-bond acceptors (Lipinski definition) is 5. The number of rotatable bonds is 4. The molecule has 32 heavy (non-hydrogen) atoms. The molecular formula is C26H29N5O. The molecule has 2 saturated heterocycles. The molecule has 6 nitrogen and oxygen atoms in total. The zero-order chi connectivity index (χ0) is 22.1. The molecule has 0 aliphatic carbocycles. The summed E-state index contributed by atoms with van der Waals surface area (Å²) in [5, 5.41) is 0. The van der Waals surface area contributed by atoms with E-state index in [9.17, 15) is 4.79 Å². The highest BCUT2D eigenvalue weighted by Crippen LogP contribution is 2.28. The van der Waals surface area contributed by atoms with Gasteiger partial charge in [-0.15, -0.1) is 0 Å². The van der Waals surface area contributed by atoms with E-state index in [0.717, 1.165) is 56.3 Å². The summed E-state index contributed by atoms with van der Waals surface area (Å²) in [4.78, 5) is 28.5. The van der Waals surface area contributed by atoms with Crippen molar-refractivity contribution >= 4 is 17.4 Å². The summed E-state index contributed by atoms with van der Waals surface area (Å²) in [6.45, 7) is 9.08. The van der Waals surface area contributed by atoms with Gasteiger partial charge < -0.3 is 14.7 Å². The maximum Gasteiger partial charge on any atom is 0.229 e. The maximum atomic E-state index is 13.1. The maximum absolute atomic E-state index is 13.1. The number of nitrogens with zero attached hydrogens (tertiary/aromatic N) is 5. The Morgan fingerprint density at radius 1 is 0.875 bits per heavy atom. The Hall–Kier alpha value is -3.41. The lowest BCUT2D eigenvalue weighted by molar-refractivity contribution is -0.136. The molecule has 6 heteroatoms. The number of carbonyl (C=O) groups excluding carboxylic acids is 1. The van der Waals surface area contributed by atoms with Gasteiger partial charge >= 0.3 is 0 Å². The van der Waals surface area contributed by atoms with Crippen LogP contribution in [0.4, 0.5) is 11.5 Å². The van der Waals surface area contributed by atoms with Crippen LogP contribution in [0.5, 0.6) is 0 Å². The summed E-state index contributed by atoms with van der Waals surface area (Å²) in [6.07, 6.45) is 1.61. The van der Waals surface area contributed by atoms with Gasteiger partial charge in [0.25, 0.3) is 0 Å². The van der Waals surface area contributed by atoms with Crippen molar-refractivity contribution < 1.29 is 4.79 Å². The minimum absolute atomic E-state index is 0.0531. The molecule has 2 aliphatic heterocycles. The van der Waals surface area contributed by atoms with Gasteiger partial charge in [0.1, 0.15) is 12.1 Å². The van der Waals surface area contributed by atoms with E-state index in [1.807, 2.05) is 41.3 Å². The van der Waals surface area contributed by atoms with Crippen LogP contribution in [0.3, 0.4) is 0 Å². The summed E-state index contributed by atoms with van der Waals surface area (Å²) >= 11 is 0. The zero-order valence-corrected chi connectivity index (χ0v) is 18.7. The molecule has 1 amide bonds. The summed E-state index contributed by atoms with van der Waals surface area (Å²) in [6, 6.07) is 18.7. The molecule has 3 heterocycles. The molecule has 2 fully saturated rings. The Bertz CT molecular complexity index is 1100. The van der Waals surface area contributed by atoms with Crippen LogP contribution in [-0.2, 0) is 4.79 Å². The monoisotopic (exact) mass is 427 g/mol. The smallest absolute Gasteiger partial charge is 0.229 e. The van der Waals surface area contributed by atoms with Crippen molar-refractivity contribution in [1.82, 2.24) is 14.9 Å². The summed E-state index contributed by atoms with van der Waals surface area (Å²) in [7, 11) is 0. The molecule has 0 atom stereocenters. The highest BCUT2D eigenvalue weighted by atomic mass is 16.2. The second-order valence-corrected chi connectivity index (χ2v) is 8.83. The fourth-order valence-corrected chi connectivity index (χ4v) is 4.59. The van der Waals surface area contributed by atoms with Crippen LogP contribution in [-0.4, -0.2) is 60.0 Å². The molecule has 0 unspecified atom stereocenters. The Morgan fingerprint density at radius 3 is 2.38 bits per heavy atom. The number of benzene rings is 2. The van der Waals surface area contributed by atoms with E-state index in [1.165, 1.54) is 16.8 Å². The normalized spacial score (nSPS) is 16.8. The first-order valence-electron chi connectivity index (χ1n) is 11.3. The van der Waals surface area contributed by atoms with E-state index in [0.29, 0.717) is 0 Å². The standard InChI is InChI=1S/C26H29N5O/c1-19-8-9-20(2)24(14-19)29-10-12-30(13-11-29)26(32)22-16-31(17-22)25-15-23(27-18-28-25)21-6-4-3-5-7-21/h3-9,14-15,18,22H,10-13,16-17H2,1-2H3. The van der Waals surface area contributed by atoms with Crippen molar-refractivity contribution in [2.75, 3.05) is 49.1 Å². The quantitative estimate of drug-likeness (QED) is 0.637. The van der Waals surface area contributed by atoms with Gasteiger partial charge in [-0.1, -0.05) is 42.5 Å². The van der Waals surface area contributed by atoms with E-state index >= 15 is 0 Å². The fraction of sp³-hybridized carbons (Fsp3) is 0.346. The molecule has 5 rings (SSSR count). The minimum atomic E-state index is 0.0531. The molecule has 164 valence electrons. The number of amides is 1. The summed E-state index contributed by atoms with van der Waals surface area (Å²) in [5.74, 6) is 1.22. The van der Waals surface area contributed by atoms with Crippen LogP contribution in [0.2, 0.25) is 0 Å². The Labute approximate surface area is 189 Å². The topological polar surface area (TPSA) is 52.6 Å². The van der Waals surface area contributed by atoms with Crippen molar-refractivity contribution in [2.24, 2.45) is 5.92 Å². The van der Waals surface area contributed by atoms with Crippen LogP contribution in [0.15, 0.2) is 60.9 Å². The molecule has 3 aromatic rings. The van der Waals surface area contributed by atoms with Crippen molar-refractivity contribution in [3.63, 3.8) is 0 Å². The number of aryl methyl sites for hydroxylation is 2. The molecule has 0 N–H and O–H groups in total. The number of piperazine rings is 1. The number of hydrogen-bond donors (Lipinski definition) is 0. The van der Waals surface area contributed by atoms with E-state index in [-0.39, 0.29) is 11.8 Å². The number of aromatic nitrogens is 2. The van der Waals surface area contributed by atoms with Gasteiger partial charge in [-0.05, 0) is 31.0 Å². The first-order valence-corrected chi connectivity index (χ1v) is 11.3. The SMILES string of the molecule is Cc1ccc(C)c(N2CCN(C(=O)C3CN(c4cc(-c5ccccc5)ncn4)C3)CC2)c1. The number of anilines is 2. The largest absolute Gasteiger partial charge is 0.368 e. The van der Waals surface area contributed by atoms with Gasteiger partial charge in [0.2, 0.25) is 5.91 Å². The lowest BCUT2D eigenvalue weighted by Crippen LogP contribution is -2.58. The van der Waals surface area contributed by atoms with Gasteiger partial charge in [-0.25, -0.2) is 9.97 Å². The van der Waals surface area contributed by atoms with Crippen molar-refractivity contribution in [1.29, 1.82) is 0 Å². The molecule has 2 aromatic carbocycles. The predicted octanol–water partition coefficient (Wildman–Crippen LogP) is 3.55. The lowest BCUT2D eigenvalue weighted by atomic mass is 9.97. The van der Waals surface area contributed by atoms with E-state index in [4.69, 9.17) is 0 Å². The Kier molecular flexibility index (Phi) is 5.52. The highest BCUT2D eigenvalue weighted by molar-refractivity contribution is 5.82. The third kappa shape index (κ3) is 4.05. The minimum Gasteiger partial charge on any atom is -0.368 e. The third-order valence-corrected chi connectivity index (χ3v) is 6.57. The first kappa shape index (κ1) is 20.5. The second-order valence-electron chi connectivity index (χ2n) is 8.83. The second kappa shape index (κ2) is 8.61. The van der Waals surface area contributed by atoms with E-state index in [1.54, 1.807) is 6.33 Å². The molecule has 0 spiro atoms. The average Bonchev–Trinajstić information content (AvgIpc) is 2.80. The Morgan fingerprint density at radius 2 is 1.62 bits per heavy atom. The van der Waals surface area contributed by atoms with Gasteiger partial charge in [-0.2, -0.15) is 0 Å². The summed E-state index contributed by atoms with van der Waals surface area (Å²) < 4.78 is 0. The molecule has 0 radical (unpaired) electrons. The van der Waals surface area contributed by atoms with Crippen LogP contribution >= 0.6 is 0 Å². The van der Waals surface area contributed by atoms with Gasteiger partial charge in [-0.3, -0.25) is 4.79 Å². The van der Waals surface area contributed by atoms with Gasteiger partial charge in [0, 0.05) is 56.6 Å². The summed E-state index contributed by atoms with van der Waals surface area (Å²) in [5.41, 5.74) is 5.85. The van der Waals surface area contributed by atoms with E-state index < -0.39 is 0 Å². The van der Waals surface area contributed by atoms with Crippen LogP contribution in [0, 0.1) is 19.8 Å². The highest BCUT2D eigenvalue weighted by Gasteiger charge is 2.37. The Balaban J connectivity index is 1.17. The zero-order valence-electron chi connectivity index (χ0n) is 18.7. The third-order valence-electron chi connectivity index (χ3n) is 6.57. The lowest BCUT2D eigenvalue weighted by Gasteiger charge is -2.43. The van der Waals surface area contributed by atoms with Crippen LogP contribution in [0.25, 0.3) is 11.3 Å². The van der Waals surface area contributed by atoms with Gasteiger partial charge in [0.05, 0.1) is 11.6 Å². The molecule has 0 saturated carbocycles. The van der Waals surface area contributed by atoms with Crippen molar-refractivity contribution in [3.8, 4) is 11.3 Å². The average molecular weight is 428 g/mol. The van der Waals surface area contributed by atoms with Crippen molar-refractivity contribution in [3.05, 3.63) is 72.1 Å². The first-order chi connectivity index (χ1) is 15.6. The van der Waals surface area contributed by atoms with Crippen LogP contribution < -0.4 is 9.80 Å². The molecule has 0 bridgehead atoms. The molecule has 1 aromatic heterocycles. The number of carbonyl (C=O) groups is 1. The van der Waals surface area contributed by atoms with Crippen LogP contribution in [0.1, 0.15) is 11.1 Å². The van der Waals surface area contributed by atoms with Gasteiger partial charge in [0.15, 0.2) is 0 Å². The predicted molar refractivity (Wildman–Crippen MR) is 128 cm³/mol.